The number of nitrogens with two attached hydrogens (primary N) is 1. The summed E-state index contributed by atoms with van der Waals surface area (Å²) in [7, 11) is 0. The zero-order chi connectivity index (χ0) is 13.4. The minimum absolute atomic E-state index is 0.299. The molecule has 1 fully saturated rings. The highest BCUT2D eigenvalue weighted by atomic mass is 15.2. The van der Waals surface area contributed by atoms with Crippen LogP contribution in [0.25, 0.3) is 5.65 Å². The molecule has 3 rings (SSSR count). The molecule has 2 unspecified atom stereocenters. The number of fused-ring (bicyclic) bond motifs is 1. The van der Waals surface area contributed by atoms with Crippen LogP contribution in [0.5, 0.6) is 0 Å². The third kappa shape index (κ3) is 2.65. The van der Waals surface area contributed by atoms with E-state index in [0.717, 1.165) is 31.0 Å². The van der Waals surface area contributed by atoms with Crippen LogP contribution in [0.3, 0.4) is 0 Å². The Morgan fingerprint density at radius 3 is 3.00 bits per heavy atom. The first-order valence-corrected chi connectivity index (χ1v) is 7.04. The highest BCUT2D eigenvalue weighted by molar-refractivity contribution is 5.41. The molecule has 0 saturated carbocycles. The molecular formula is C15H22N4. The fraction of sp³-hybridized carbons (Fsp3) is 0.533. The van der Waals surface area contributed by atoms with Crippen molar-refractivity contribution in [3.05, 3.63) is 35.8 Å². The van der Waals surface area contributed by atoms with E-state index in [2.05, 4.69) is 52.7 Å². The van der Waals surface area contributed by atoms with Gasteiger partial charge in [0.05, 0.1) is 5.69 Å². The Morgan fingerprint density at radius 1 is 1.37 bits per heavy atom. The van der Waals surface area contributed by atoms with Crippen molar-refractivity contribution in [2.24, 2.45) is 11.7 Å². The molecule has 3 heterocycles. The number of nitrogens with zero attached hydrogens (tertiary/aromatic N) is 3. The van der Waals surface area contributed by atoms with Gasteiger partial charge in [-0.25, -0.2) is 4.98 Å². The molecule has 0 bridgehead atoms. The van der Waals surface area contributed by atoms with Gasteiger partial charge < -0.3 is 10.1 Å². The van der Waals surface area contributed by atoms with E-state index in [1.54, 1.807) is 0 Å². The van der Waals surface area contributed by atoms with Crippen LogP contribution in [0.2, 0.25) is 0 Å². The van der Waals surface area contributed by atoms with Gasteiger partial charge in [0.1, 0.15) is 5.65 Å². The van der Waals surface area contributed by atoms with Crippen molar-refractivity contribution in [3.8, 4) is 0 Å². The lowest BCUT2D eigenvalue weighted by Gasteiger charge is -2.34. The monoisotopic (exact) mass is 258 g/mol. The van der Waals surface area contributed by atoms with Crippen molar-refractivity contribution in [1.29, 1.82) is 0 Å². The van der Waals surface area contributed by atoms with Gasteiger partial charge >= 0.3 is 0 Å². The Labute approximate surface area is 114 Å². The Morgan fingerprint density at radius 2 is 2.21 bits per heavy atom. The zero-order valence-electron chi connectivity index (χ0n) is 11.7. The van der Waals surface area contributed by atoms with Crippen molar-refractivity contribution < 1.29 is 0 Å². The number of piperidine rings is 1. The molecule has 0 amide bonds. The Bertz CT molecular complexity index is 575. The second kappa shape index (κ2) is 4.94. The molecule has 4 nitrogen and oxygen atoms in total. The molecule has 0 aromatic carbocycles. The average Bonchev–Trinajstić information content (AvgIpc) is 2.75. The molecule has 1 aliphatic heterocycles. The lowest BCUT2D eigenvalue weighted by Crippen LogP contribution is -2.47. The molecule has 0 aliphatic carbocycles. The summed E-state index contributed by atoms with van der Waals surface area (Å²) in [6.45, 7) is 7.36. The van der Waals surface area contributed by atoms with Crippen LogP contribution < -0.4 is 5.73 Å². The highest BCUT2D eigenvalue weighted by Crippen LogP contribution is 2.17. The second-order valence-corrected chi connectivity index (χ2v) is 5.87. The average molecular weight is 258 g/mol. The van der Waals surface area contributed by atoms with Gasteiger partial charge in [0.25, 0.3) is 0 Å². The van der Waals surface area contributed by atoms with E-state index < -0.39 is 0 Å². The molecule has 1 aliphatic rings. The number of rotatable bonds is 2. The van der Waals surface area contributed by atoms with E-state index in [-0.39, 0.29) is 0 Å². The smallest absolute Gasteiger partial charge is 0.137 e. The van der Waals surface area contributed by atoms with Crippen LogP contribution in [0.15, 0.2) is 24.5 Å². The van der Waals surface area contributed by atoms with Gasteiger partial charge in [-0.2, -0.15) is 0 Å². The normalized spacial score (nSPS) is 25.0. The lowest BCUT2D eigenvalue weighted by molar-refractivity contribution is 0.161. The van der Waals surface area contributed by atoms with Crippen LogP contribution in [0.1, 0.15) is 24.6 Å². The Kier molecular flexibility index (Phi) is 3.29. The number of imidazole rings is 1. The van der Waals surface area contributed by atoms with E-state index in [4.69, 9.17) is 5.73 Å². The molecule has 19 heavy (non-hydrogen) atoms. The third-order valence-corrected chi connectivity index (χ3v) is 4.14. The molecule has 0 radical (unpaired) electrons. The van der Waals surface area contributed by atoms with Gasteiger partial charge in [-0.15, -0.1) is 0 Å². The number of aryl methyl sites for hydroxylation is 1. The maximum Gasteiger partial charge on any atom is 0.137 e. The quantitative estimate of drug-likeness (QED) is 0.893. The molecule has 2 atom stereocenters. The minimum Gasteiger partial charge on any atom is -0.326 e. The number of aromatic nitrogens is 2. The molecule has 1 saturated heterocycles. The lowest BCUT2D eigenvalue weighted by atomic mass is 9.94. The molecule has 4 heteroatoms. The van der Waals surface area contributed by atoms with E-state index in [9.17, 15) is 0 Å². The molecule has 0 spiro atoms. The first-order chi connectivity index (χ1) is 9.11. The molecular weight excluding hydrogens is 236 g/mol. The maximum atomic E-state index is 6.15. The fourth-order valence-electron chi connectivity index (χ4n) is 2.77. The third-order valence-electron chi connectivity index (χ3n) is 4.14. The number of hydrogen-bond acceptors (Lipinski definition) is 3. The predicted molar refractivity (Wildman–Crippen MR) is 77.0 cm³/mol. The van der Waals surface area contributed by atoms with Gasteiger partial charge in [0.2, 0.25) is 0 Å². The molecule has 2 aromatic heterocycles. The molecule has 2 N–H and O–H groups in total. The fourth-order valence-corrected chi connectivity index (χ4v) is 2.77. The van der Waals surface area contributed by atoms with Crippen LogP contribution in [0, 0.1) is 12.8 Å². The van der Waals surface area contributed by atoms with Gasteiger partial charge in [-0.05, 0) is 37.4 Å². The summed E-state index contributed by atoms with van der Waals surface area (Å²) in [6.07, 6.45) is 5.44. The van der Waals surface area contributed by atoms with Gasteiger partial charge in [0, 0.05) is 31.5 Å². The largest absolute Gasteiger partial charge is 0.326 e. The summed E-state index contributed by atoms with van der Waals surface area (Å²) in [6, 6.07) is 4.47. The summed E-state index contributed by atoms with van der Waals surface area (Å²) in [5, 5.41) is 0. The summed E-state index contributed by atoms with van der Waals surface area (Å²) in [5.41, 5.74) is 9.56. The van der Waals surface area contributed by atoms with E-state index >= 15 is 0 Å². The van der Waals surface area contributed by atoms with Crippen LogP contribution in [-0.2, 0) is 6.54 Å². The summed E-state index contributed by atoms with van der Waals surface area (Å²) >= 11 is 0. The van der Waals surface area contributed by atoms with Crippen molar-refractivity contribution in [3.63, 3.8) is 0 Å². The first kappa shape index (κ1) is 12.6. The predicted octanol–water partition coefficient (Wildman–Crippen LogP) is 1.81. The van der Waals surface area contributed by atoms with Gasteiger partial charge in [-0.1, -0.05) is 13.0 Å². The Hall–Kier alpha value is -1.39. The number of likely N-dealkylation sites (tertiary alicyclic amines) is 1. The van der Waals surface area contributed by atoms with E-state index in [1.807, 2.05) is 0 Å². The van der Waals surface area contributed by atoms with Crippen molar-refractivity contribution in [1.82, 2.24) is 14.3 Å². The minimum atomic E-state index is 0.299. The number of hydrogen-bond donors (Lipinski definition) is 1. The molecule has 2 aromatic rings. The highest BCUT2D eigenvalue weighted by Gasteiger charge is 2.23. The van der Waals surface area contributed by atoms with Gasteiger partial charge in [-0.3, -0.25) is 4.90 Å². The van der Waals surface area contributed by atoms with Crippen LogP contribution in [-0.4, -0.2) is 33.4 Å². The second-order valence-electron chi connectivity index (χ2n) is 5.87. The zero-order valence-corrected chi connectivity index (χ0v) is 11.7. The summed E-state index contributed by atoms with van der Waals surface area (Å²) < 4.78 is 2.11. The summed E-state index contributed by atoms with van der Waals surface area (Å²) in [4.78, 5) is 7.09. The topological polar surface area (TPSA) is 46.6 Å². The SMILES string of the molecule is Cc1ccc2nc(CN3CCC(C)C(N)C3)cn2c1. The van der Waals surface area contributed by atoms with Crippen LogP contribution >= 0.6 is 0 Å². The van der Waals surface area contributed by atoms with E-state index in [0.29, 0.717) is 12.0 Å². The number of pyridine rings is 1. The van der Waals surface area contributed by atoms with E-state index in [1.165, 1.54) is 12.0 Å². The maximum absolute atomic E-state index is 6.15. The van der Waals surface area contributed by atoms with Crippen molar-refractivity contribution in [2.45, 2.75) is 32.9 Å². The first-order valence-electron chi connectivity index (χ1n) is 7.04. The summed E-state index contributed by atoms with van der Waals surface area (Å²) in [5.74, 6) is 0.639. The van der Waals surface area contributed by atoms with Crippen molar-refractivity contribution in [2.75, 3.05) is 13.1 Å². The van der Waals surface area contributed by atoms with Gasteiger partial charge in [0.15, 0.2) is 0 Å². The van der Waals surface area contributed by atoms with Crippen LogP contribution in [0.4, 0.5) is 0 Å². The van der Waals surface area contributed by atoms with Crippen molar-refractivity contribution >= 4 is 5.65 Å². The standard InChI is InChI=1S/C15H22N4/c1-11-3-4-15-17-13(9-19(15)7-11)8-18-6-5-12(2)14(16)10-18/h3-4,7,9,12,14H,5-6,8,10,16H2,1-2H3. The Balaban J connectivity index is 1.74. The molecule has 102 valence electrons.